The molecular formula is C19H24N2O. The largest absolute Gasteiger partial charge is 0.350 e. The molecule has 0 radical (unpaired) electrons. The van der Waals surface area contributed by atoms with Crippen molar-refractivity contribution in [2.75, 3.05) is 13.1 Å². The van der Waals surface area contributed by atoms with E-state index in [9.17, 15) is 4.79 Å². The van der Waals surface area contributed by atoms with Gasteiger partial charge in [0.05, 0.1) is 0 Å². The van der Waals surface area contributed by atoms with Gasteiger partial charge in [0.2, 0.25) is 5.91 Å². The SMILES string of the molecule is Cn1cc(C2=CCN(C(=O)C(C)(C)C)CC2)c2ccccc21. The maximum absolute atomic E-state index is 12.4. The average molecular weight is 296 g/mol. The number of carbonyl (C=O) groups excluding carboxylic acids is 1. The molecule has 0 bridgehead atoms. The molecule has 1 aliphatic rings. The average Bonchev–Trinajstić information content (AvgIpc) is 2.83. The number of fused-ring (bicyclic) bond motifs is 1. The summed E-state index contributed by atoms with van der Waals surface area (Å²) in [4.78, 5) is 14.3. The van der Waals surface area contributed by atoms with Gasteiger partial charge >= 0.3 is 0 Å². The van der Waals surface area contributed by atoms with Crippen LogP contribution in [0.5, 0.6) is 0 Å². The van der Waals surface area contributed by atoms with Gasteiger partial charge in [-0.05, 0) is 18.1 Å². The Morgan fingerprint density at radius 1 is 1.18 bits per heavy atom. The first-order valence-electron chi connectivity index (χ1n) is 7.91. The van der Waals surface area contributed by atoms with Crippen molar-refractivity contribution in [1.82, 2.24) is 9.47 Å². The summed E-state index contributed by atoms with van der Waals surface area (Å²) in [5, 5.41) is 1.30. The lowest BCUT2D eigenvalue weighted by Gasteiger charge is -2.32. The van der Waals surface area contributed by atoms with Gasteiger partial charge < -0.3 is 9.47 Å². The molecule has 22 heavy (non-hydrogen) atoms. The molecule has 0 saturated carbocycles. The fourth-order valence-electron chi connectivity index (χ4n) is 3.17. The number of rotatable bonds is 1. The van der Waals surface area contributed by atoms with Gasteiger partial charge in [0, 0.05) is 48.2 Å². The van der Waals surface area contributed by atoms with Crippen molar-refractivity contribution in [3.8, 4) is 0 Å². The van der Waals surface area contributed by atoms with Crippen LogP contribution in [0.15, 0.2) is 36.5 Å². The van der Waals surface area contributed by atoms with E-state index in [1.807, 2.05) is 25.7 Å². The highest BCUT2D eigenvalue weighted by Gasteiger charge is 2.28. The summed E-state index contributed by atoms with van der Waals surface area (Å²) in [7, 11) is 2.09. The fraction of sp³-hybridized carbons (Fsp3) is 0.421. The summed E-state index contributed by atoms with van der Waals surface area (Å²) in [5.74, 6) is 0.237. The number of hydrogen-bond donors (Lipinski definition) is 0. The Bertz CT molecular complexity index is 746. The number of carbonyl (C=O) groups is 1. The second-order valence-electron chi connectivity index (χ2n) is 7.15. The van der Waals surface area contributed by atoms with E-state index in [1.165, 1.54) is 22.0 Å². The summed E-state index contributed by atoms with van der Waals surface area (Å²) >= 11 is 0. The van der Waals surface area contributed by atoms with Crippen LogP contribution in [0.25, 0.3) is 16.5 Å². The third-order valence-corrected chi connectivity index (χ3v) is 4.38. The first-order chi connectivity index (χ1) is 10.4. The molecule has 116 valence electrons. The van der Waals surface area contributed by atoms with Gasteiger partial charge in [0.25, 0.3) is 0 Å². The normalized spacial score (nSPS) is 16.0. The minimum atomic E-state index is -0.301. The van der Waals surface area contributed by atoms with E-state index >= 15 is 0 Å². The molecule has 0 atom stereocenters. The van der Waals surface area contributed by atoms with Gasteiger partial charge in [-0.1, -0.05) is 45.0 Å². The van der Waals surface area contributed by atoms with Crippen LogP contribution in [0.4, 0.5) is 0 Å². The van der Waals surface area contributed by atoms with E-state index in [1.54, 1.807) is 0 Å². The highest BCUT2D eigenvalue weighted by molar-refractivity contribution is 5.93. The predicted molar refractivity (Wildman–Crippen MR) is 91.5 cm³/mol. The molecule has 0 saturated heterocycles. The van der Waals surface area contributed by atoms with Crippen molar-refractivity contribution in [3.05, 3.63) is 42.1 Å². The minimum Gasteiger partial charge on any atom is -0.350 e. The van der Waals surface area contributed by atoms with Crippen LogP contribution in [0.3, 0.4) is 0 Å². The second kappa shape index (κ2) is 5.31. The molecule has 0 N–H and O–H groups in total. The topological polar surface area (TPSA) is 25.2 Å². The Hall–Kier alpha value is -2.03. The summed E-state index contributed by atoms with van der Waals surface area (Å²) in [6.45, 7) is 7.48. The van der Waals surface area contributed by atoms with Crippen LogP contribution in [0.2, 0.25) is 0 Å². The standard InChI is InChI=1S/C19H24N2O/c1-19(2,3)18(22)21-11-9-14(10-12-21)16-13-20(4)17-8-6-5-7-15(16)17/h5-9,13H,10-12H2,1-4H3. The Morgan fingerprint density at radius 2 is 1.91 bits per heavy atom. The van der Waals surface area contributed by atoms with Gasteiger partial charge in [0.15, 0.2) is 0 Å². The van der Waals surface area contributed by atoms with Crippen molar-refractivity contribution in [2.45, 2.75) is 27.2 Å². The van der Waals surface area contributed by atoms with Gasteiger partial charge in [-0.25, -0.2) is 0 Å². The number of aromatic nitrogens is 1. The summed E-state index contributed by atoms with van der Waals surface area (Å²) in [6, 6.07) is 8.49. The lowest BCUT2D eigenvalue weighted by atomic mass is 9.92. The van der Waals surface area contributed by atoms with Crippen molar-refractivity contribution < 1.29 is 4.79 Å². The molecule has 2 aromatic rings. The zero-order valence-corrected chi connectivity index (χ0v) is 13.9. The lowest BCUT2D eigenvalue weighted by molar-refractivity contribution is -0.138. The van der Waals surface area contributed by atoms with E-state index in [0.29, 0.717) is 6.54 Å². The maximum Gasteiger partial charge on any atom is 0.228 e. The van der Waals surface area contributed by atoms with Crippen LogP contribution >= 0.6 is 0 Å². The quantitative estimate of drug-likeness (QED) is 0.785. The Labute approximate surface area is 132 Å². The van der Waals surface area contributed by atoms with Crippen LogP contribution in [-0.4, -0.2) is 28.5 Å². The Morgan fingerprint density at radius 3 is 2.55 bits per heavy atom. The molecule has 0 fully saturated rings. The minimum absolute atomic E-state index is 0.237. The van der Waals surface area contributed by atoms with Crippen molar-refractivity contribution in [1.29, 1.82) is 0 Å². The molecule has 3 nitrogen and oxygen atoms in total. The van der Waals surface area contributed by atoms with E-state index in [-0.39, 0.29) is 11.3 Å². The molecule has 0 unspecified atom stereocenters. The van der Waals surface area contributed by atoms with Gasteiger partial charge in [-0.15, -0.1) is 0 Å². The molecule has 0 aliphatic carbocycles. The van der Waals surface area contributed by atoms with Crippen LogP contribution in [0, 0.1) is 5.41 Å². The molecule has 3 rings (SSSR count). The third-order valence-electron chi connectivity index (χ3n) is 4.38. The number of hydrogen-bond acceptors (Lipinski definition) is 1. The van der Waals surface area contributed by atoms with Crippen LogP contribution in [0.1, 0.15) is 32.8 Å². The smallest absolute Gasteiger partial charge is 0.228 e. The molecule has 1 amide bonds. The zero-order valence-electron chi connectivity index (χ0n) is 13.9. The van der Waals surface area contributed by atoms with E-state index in [2.05, 4.69) is 48.2 Å². The van der Waals surface area contributed by atoms with Gasteiger partial charge in [-0.3, -0.25) is 4.79 Å². The molecule has 3 heteroatoms. The second-order valence-corrected chi connectivity index (χ2v) is 7.15. The highest BCUT2D eigenvalue weighted by Crippen LogP contribution is 2.31. The van der Waals surface area contributed by atoms with Gasteiger partial charge in [-0.2, -0.15) is 0 Å². The van der Waals surface area contributed by atoms with Crippen molar-refractivity contribution >= 4 is 22.4 Å². The molecule has 1 aliphatic heterocycles. The van der Waals surface area contributed by atoms with Crippen molar-refractivity contribution in [3.63, 3.8) is 0 Å². The first kappa shape index (κ1) is 14.9. The Balaban J connectivity index is 1.88. The maximum atomic E-state index is 12.4. The van der Waals surface area contributed by atoms with Crippen molar-refractivity contribution in [2.24, 2.45) is 12.5 Å². The summed E-state index contributed by atoms with van der Waals surface area (Å²) in [5.41, 5.74) is 3.62. The number of benzene rings is 1. The van der Waals surface area contributed by atoms with E-state index in [0.717, 1.165) is 13.0 Å². The molecule has 2 heterocycles. The number of nitrogens with zero attached hydrogens (tertiary/aromatic N) is 2. The number of aryl methyl sites for hydroxylation is 1. The van der Waals surface area contributed by atoms with E-state index in [4.69, 9.17) is 0 Å². The van der Waals surface area contributed by atoms with E-state index < -0.39 is 0 Å². The molecule has 0 spiro atoms. The number of amides is 1. The van der Waals surface area contributed by atoms with Gasteiger partial charge in [0.1, 0.15) is 0 Å². The Kier molecular flexibility index (Phi) is 3.59. The molecule has 1 aromatic heterocycles. The predicted octanol–water partition coefficient (Wildman–Crippen LogP) is 3.84. The molecule has 1 aromatic carbocycles. The fourth-order valence-corrected chi connectivity index (χ4v) is 3.17. The first-order valence-corrected chi connectivity index (χ1v) is 7.91. The monoisotopic (exact) mass is 296 g/mol. The molecular weight excluding hydrogens is 272 g/mol. The lowest BCUT2D eigenvalue weighted by Crippen LogP contribution is -2.41. The third kappa shape index (κ3) is 2.56. The summed E-state index contributed by atoms with van der Waals surface area (Å²) in [6.07, 6.45) is 5.35. The summed E-state index contributed by atoms with van der Waals surface area (Å²) < 4.78 is 2.18. The highest BCUT2D eigenvalue weighted by atomic mass is 16.2. The van der Waals surface area contributed by atoms with Crippen LogP contribution in [-0.2, 0) is 11.8 Å². The number of para-hydroxylation sites is 1. The van der Waals surface area contributed by atoms with Crippen LogP contribution < -0.4 is 0 Å². The zero-order chi connectivity index (χ0) is 15.9.